The largest absolute Gasteiger partial charge is 0.421 e. The van der Waals surface area contributed by atoms with Crippen molar-refractivity contribution in [3.05, 3.63) is 11.6 Å². The molecule has 0 fully saturated rings. The summed E-state index contributed by atoms with van der Waals surface area (Å²) in [7, 11) is 0. The van der Waals surface area contributed by atoms with E-state index >= 15 is 0 Å². The highest BCUT2D eigenvalue weighted by Crippen LogP contribution is 2.01. The van der Waals surface area contributed by atoms with Crippen LogP contribution in [0.3, 0.4) is 0 Å². The molecule has 0 saturated carbocycles. The van der Waals surface area contributed by atoms with Crippen molar-refractivity contribution >= 4 is 18.2 Å². The molecule has 0 spiro atoms. The van der Waals surface area contributed by atoms with Crippen LogP contribution in [-0.2, 0) is 23.9 Å². The van der Waals surface area contributed by atoms with Gasteiger partial charge in [0.15, 0.2) is 0 Å². The van der Waals surface area contributed by atoms with Crippen LogP contribution in [0.25, 0.3) is 0 Å². The fourth-order valence-corrected chi connectivity index (χ4v) is 0.673. The Morgan fingerprint density at radius 2 is 1.50 bits per heavy atom. The summed E-state index contributed by atoms with van der Waals surface area (Å²) in [5.41, 5.74) is 0.317. The minimum Gasteiger partial charge on any atom is -0.421 e. The van der Waals surface area contributed by atoms with Crippen LogP contribution >= 0.6 is 0 Å². The molecule has 0 radical (unpaired) electrons. The number of aldehydes is 1. The van der Waals surface area contributed by atoms with Crippen molar-refractivity contribution < 1.29 is 23.9 Å². The Hall–Kier alpha value is -1.65. The highest BCUT2D eigenvalue weighted by atomic mass is 16.7. The molecule has 0 aliphatic heterocycles. The van der Waals surface area contributed by atoms with Crippen LogP contribution < -0.4 is 0 Å². The van der Waals surface area contributed by atoms with E-state index < -0.39 is 18.2 Å². The first-order valence-electron chi connectivity index (χ1n) is 3.93. The van der Waals surface area contributed by atoms with Crippen LogP contribution in [0.4, 0.5) is 0 Å². The third-order valence-corrected chi connectivity index (χ3v) is 1.15. The van der Waals surface area contributed by atoms with Gasteiger partial charge < -0.3 is 9.47 Å². The highest BCUT2D eigenvalue weighted by Gasteiger charge is 2.11. The highest BCUT2D eigenvalue weighted by molar-refractivity contribution is 5.73. The van der Waals surface area contributed by atoms with E-state index in [2.05, 4.69) is 9.47 Å². The molecule has 5 nitrogen and oxygen atoms in total. The van der Waals surface area contributed by atoms with E-state index in [1.807, 2.05) is 0 Å². The molecule has 0 aliphatic rings. The van der Waals surface area contributed by atoms with E-state index in [9.17, 15) is 14.4 Å². The molecule has 0 rings (SSSR count). The molecule has 78 valence electrons. The van der Waals surface area contributed by atoms with Crippen molar-refractivity contribution in [3.8, 4) is 0 Å². The predicted molar refractivity (Wildman–Crippen MR) is 47.1 cm³/mol. The molecule has 5 heteroatoms. The zero-order valence-corrected chi connectivity index (χ0v) is 8.27. The molecule has 0 atom stereocenters. The smallest absolute Gasteiger partial charge is 0.305 e. The first-order chi connectivity index (χ1) is 6.45. The molecule has 0 aromatic rings. The molecule has 0 aromatic carbocycles. The molecular formula is C9H12O5. The Morgan fingerprint density at radius 1 is 1.07 bits per heavy atom. The summed E-state index contributed by atoms with van der Waals surface area (Å²) in [4.78, 5) is 31.4. The maximum atomic E-state index is 10.6. The van der Waals surface area contributed by atoms with Crippen LogP contribution in [0.1, 0.15) is 20.8 Å². The Bertz CT molecular complexity index is 250. The molecule has 0 aliphatic carbocycles. The van der Waals surface area contributed by atoms with E-state index in [0.717, 1.165) is 0 Å². The third-order valence-electron chi connectivity index (χ3n) is 1.15. The van der Waals surface area contributed by atoms with Crippen LogP contribution in [0.5, 0.6) is 0 Å². The first-order valence-corrected chi connectivity index (χ1v) is 3.93. The number of carbonyl (C=O) groups excluding carboxylic acids is 3. The van der Waals surface area contributed by atoms with E-state index in [-0.39, 0.29) is 0 Å². The quantitative estimate of drug-likeness (QED) is 0.287. The standard InChI is InChI=1S/C9H12O5/c1-6(5-10)4-9(13-7(2)11)14-8(3)12/h4-5,9H,1-3H3/b6-4-. The Balaban J connectivity index is 4.46. The van der Waals surface area contributed by atoms with Crippen molar-refractivity contribution in [1.82, 2.24) is 0 Å². The van der Waals surface area contributed by atoms with Gasteiger partial charge >= 0.3 is 11.9 Å². The lowest BCUT2D eigenvalue weighted by Gasteiger charge is -2.12. The molecule has 14 heavy (non-hydrogen) atoms. The number of allylic oxidation sites excluding steroid dienone is 1. The second-order valence-corrected chi connectivity index (χ2v) is 2.62. The number of esters is 2. The van der Waals surface area contributed by atoms with Crippen LogP contribution in [-0.4, -0.2) is 24.5 Å². The molecule has 0 heterocycles. The zero-order chi connectivity index (χ0) is 11.1. The summed E-state index contributed by atoms with van der Waals surface area (Å²) in [6.45, 7) is 3.87. The number of hydrogen-bond acceptors (Lipinski definition) is 5. The summed E-state index contributed by atoms with van der Waals surface area (Å²) in [5.74, 6) is -1.18. The minimum atomic E-state index is -1.13. The Labute approximate surface area is 81.7 Å². The normalized spacial score (nSPS) is 11.0. The number of carbonyl (C=O) groups is 3. The average Bonchev–Trinajstić information content (AvgIpc) is 2.01. The predicted octanol–water partition coefficient (Wildman–Crippen LogP) is 0.584. The maximum absolute atomic E-state index is 10.6. The molecule has 0 saturated heterocycles. The monoisotopic (exact) mass is 200 g/mol. The first kappa shape index (κ1) is 12.3. The number of rotatable bonds is 4. The van der Waals surface area contributed by atoms with Gasteiger partial charge in [-0.05, 0) is 12.5 Å². The van der Waals surface area contributed by atoms with Gasteiger partial charge in [-0.15, -0.1) is 0 Å². The summed E-state index contributed by atoms with van der Waals surface area (Å²) in [5, 5.41) is 0. The average molecular weight is 200 g/mol. The lowest BCUT2D eigenvalue weighted by atomic mass is 10.3. The van der Waals surface area contributed by atoms with Gasteiger partial charge in [0.1, 0.15) is 6.29 Å². The second-order valence-electron chi connectivity index (χ2n) is 2.62. The molecule has 0 N–H and O–H groups in total. The molecule has 0 aromatic heterocycles. The van der Waals surface area contributed by atoms with E-state index in [0.29, 0.717) is 11.9 Å². The summed E-state index contributed by atoms with van der Waals surface area (Å²) < 4.78 is 9.23. The van der Waals surface area contributed by atoms with Gasteiger partial charge in [0, 0.05) is 19.9 Å². The van der Waals surface area contributed by atoms with Crippen molar-refractivity contribution in [2.24, 2.45) is 0 Å². The van der Waals surface area contributed by atoms with E-state index in [1.54, 1.807) is 0 Å². The SMILES string of the molecule is CC(=O)OC(/C=C(/C)C=O)OC(C)=O. The molecule has 0 bridgehead atoms. The molecular weight excluding hydrogens is 188 g/mol. The summed E-state index contributed by atoms with van der Waals surface area (Å²) in [6, 6.07) is 0. The Kier molecular flexibility index (Phi) is 5.21. The van der Waals surface area contributed by atoms with Crippen molar-refractivity contribution in [3.63, 3.8) is 0 Å². The van der Waals surface area contributed by atoms with Gasteiger partial charge in [-0.2, -0.15) is 0 Å². The molecule has 0 unspecified atom stereocenters. The van der Waals surface area contributed by atoms with E-state index in [1.165, 1.54) is 26.8 Å². The summed E-state index contributed by atoms with van der Waals surface area (Å²) in [6.07, 6.45) is 0.686. The Morgan fingerprint density at radius 3 is 1.79 bits per heavy atom. The van der Waals surface area contributed by atoms with Crippen molar-refractivity contribution in [1.29, 1.82) is 0 Å². The minimum absolute atomic E-state index is 0.317. The number of ether oxygens (including phenoxy) is 2. The lowest BCUT2D eigenvalue weighted by molar-refractivity contribution is -0.176. The third kappa shape index (κ3) is 5.93. The second kappa shape index (κ2) is 5.90. The molecule has 0 amide bonds. The van der Waals surface area contributed by atoms with Gasteiger partial charge in [-0.1, -0.05) is 0 Å². The van der Waals surface area contributed by atoms with Crippen molar-refractivity contribution in [2.75, 3.05) is 0 Å². The van der Waals surface area contributed by atoms with Crippen LogP contribution in [0.15, 0.2) is 11.6 Å². The van der Waals surface area contributed by atoms with Crippen LogP contribution in [0, 0.1) is 0 Å². The maximum Gasteiger partial charge on any atom is 0.305 e. The van der Waals surface area contributed by atoms with Gasteiger partial charge in [0.25, 0.3) is 6.29 Å². The van der Waals surface area contributed by atoms with Gasteiger partial charge in [0.05, 0.1) is 0 Å². The van der Waals surface area contributed by atoms with E-state index in [4.69, 9.17) is 0 Å². The fraction of sp³-hybridized carbons (Fsp3) is 0.444. The van der Waals surface area contributed by atoms with Gasteiger partial charge in [0.2, 0.25) is 0 Å². The summed E-state index contributed by atoms with van der Waals surface area (Å²) >= 11 is 0. The number of hydrogen-bond donors (Lipinski definition) is 0. The van der Waals surface area contributed by atoms with Crippen molar-refractivity contribution in [2.45, 2.75) is 27.1 Å². The fourth-order valence-electron chi connectivity index (χ4n) is 0.673. The van der Waals surface area contributed by atoms with Gasteiger partial charge in [-0.3, -0.25) is 14.4 Å². The topological polar surface area (TPSA) is 69.7 Å². The van der Waals surface area contributed by atoms with Crippen LogP contribution in [0.2, 0.25) is 0 Å². The lowest BCUT2D eigenvalue weighted by Crippen LogP contribution is -2.20. The van der Waals surface area contributed by atoms with Gasteiger partial charge in [-0.25, -0.2) is 0 Å². The zero-order valence-electron chi connectivity index (χ0n) is 8.27.